The summed E-state index contributed by atoms with van der Waals surface area (Å²) in [6.45, 7) is 3.52. The number of rotatable bonds is 66. The van der Waals surface area contributed by atoms with Gasteiger partial charge in [-0.1, -0.05) is 310 Å². The lowest BCUT2D eigenvalue weighted by Gasteiger charge is -2.49. The summed E-state index contributed by atoms with van der Waals surface area (Å²) in [4.78, 5) is 51.2. The number of aliphatic hydroxyl groups is 10. The number of unbranched alkanes of at least 4 members (excludes halogenated alkanes) is 45. The number of aliphatic hydroxyl groups excluding tert-OH is 10. The lowest BCUT2D eigenvalue weighted by atomic mass is 9.84. The number of phosphoric acid groups is 1. The highest BCUT2D eigenvalue weighted by Gasteiger charge is 2.58. The smallest absolute Gasteiger partial charge is 0.463 e. The van der Waals surface area contributed by atoms with E-state index in [-0.39, 0.29) is 19.3 Å². The van der Waals surface area contributed by atoms with Crippen molar-refractivity contribution < 1.29 is 117 Å². The minimum absolute atomic E-state index is 0.0328. The fraction of sp³-hybridized carbons (Fsp3) is 0.962. The molecule has 2 heterocycles. The van der Waals surface area contributed by atoms with Crippen LogP contribution in [-0.2, 0) is 61.2 Å². The molecule has 1 saturated carbocycles. The van der Waals surface area contributed by atoms with Crippen LogP contribution in [0.1, 0.15) is 348 Å². The summed E-state index contributed by atoms with van der Waals surface area (Å²) in [5, 5.41) is 110. The van der Waals surface area contributed by atoms with Crippen molar-refractivity contribution in [1.82, 2.24) is 0 Å². The minimum atomic E-state index is -5.70. The summed E-state index contributed by atoms with van der Waals surface area (Å²) in [7, 11) is -5.70. The number of phosphoric ester groups is 1. The van der Waals surface area contributed by atoms with Gasteiger partial charge in [-0.15, -0.1) is 0 Å². The van der Waals surface area contributed by atoms with Crippen molar-refractivity contribution in [3.63, 3.8) is 0 Å². The number of ether oxygens (including phenoxy) is 7. The Morgan fingerprint density at radius 1 is 0.340 bits per heavy atom. The lowest BCUT2D eigenvalue weighted by Crippen LogP contribution is -2.69. The summed E-state index contributed by atoms with van der Waals surface area (Å²) in [6.07, 6.45) is 19.9. The molecule has 2 saturated heterocycles. The van der Waals surface area contributed by atoms with Crippen molar-refractivity contribution >= 4 is 25.7 Å². The van der Waals surface area contributed by atoms with Crippen molar-refractivity contribution in [2.75, 3.05) is 26.4 Å². The lowest BCUT2D eigenvalue weighted by molar-refractivity contribution is -0.360. The van der Waals surface area contributed by atoms with Crippen molar-refractivity contribution in [1.29, 1.82) is 0 Å². The molecule has 25 heteroatoms. The largest absolute Gasteiger partial charge is 0.472 e. The van der Waals surface area contributed by atoms with Gasteiger partial charge in [0.05, 0.1) is 13.2 Å². The zero-order valence-corrected chi connectivity index (χ0v) is 64.8. The summed E-state index contributed by atoms with van der Waals surface area (Å²) >= 11 is 0. The van der Waals surface area contributed by atoms with Crippen LogP contribution in [0.25, 0.3) is 0 Å². The Bertz CT molecular complexity index is 2120. The summed E-state index contributed by atoms with van der Waals surface area (Å²) in [5.74, 6) is -1.97. The molecule has 18 unspecified atom stereocenters. The highest BCUT2D eigenvalue weighted by atomic mass is 31.2. The van der Waals surface area contributed by atoms with Crippen LogP contribution >= 0.6 is 7.82 Å². The van der Waals surface area contributed by atoms with Crippen molar-refractivity contribution in [3.8, 4) is 0 Å². The van der Waals surface area contributed by atoms with Gasteiger partial charge in [0.25, 0.3) is 0 Å². The first-order valence-electron chi connectivity index (χ1n) is 41.3. The first-order chi connectivity index (χ1) is 49.8. The zero-order valence-electron chi connectivity index (χ0n) is 63.9. The highest BCUT2D eigenvalue weighted by molar-refractivity contribution is 7.47. The first kappa shape index (κ1) is 95.2. The Kier molecular flexibility index (Phi) is 55.2. The number of esters is 3. The molecule has 0 aromatic rings. The van der Waals surface area contributed by atoms with Crippen LogP contribution in [0, 0.1) is 0 Å². The van der Waals surface area contributed by atoms with Gasteiger partial charge in [0.1, 0.15) is 98.7 Å². The van der Waals surface area contributed by atoms with Crippen LogP contribution in [-0.4, -0.2) is 204 Å². The van der Waals surface area contributed by atoms with E-state index >= 15 is 0 Å². The van der Waals surface area contributed by atoms with Crippen LogP contribution < -0.4 is 0 Å². The molecule has 0 bridgehead atoms. The molecule has 3 rings (SSSR count). The average Bonchev–Trinajstić information content (AvgIpc) is 0.761. The second-order valence-electron chi connectivity index (χ2n) is 29.9. The fourth-order valence-electron chi connectivity index (χ4n) is 13.9. The maximum atomic E-state index is 14.4. The molecule has 608 valence electrons. The fourth-order valence-corrected chi connectivity index (χ4v) is 14.9. The van der Waals surface area contributed by atoms with Gasteiger partial charge in [-0.05, 0) is 19.3 Å². The molecule has 0 spiro atoms. The third-order valence-corrected chi connectivity index (χ3v) is 21.6. The Morgan fingerprint density at radius 3 is 0.951 bits per heavy atom. The van der Waals surface area contributed by atoms with Gasteiger partial charge in [-0.3, -0.25) is 23.4 Å². The molecule has 1 aliphatic carbocycles. The van der Waals surface area contributed by atoms with Gasteiger partial charge in [0.15, 0.2) is 18.7 Å². The van der Waals surface area contributed by atoms with E-state index in [0.717, 1.165) is 89.9 Å². The molecule has 0 amide bonds. The van der Waals surface area contributed by atoms with Crippen LogP contribution in [0.15, 0.2) is 0 Å². The summed E-state index contributed by atoms with van der Waals surface area (Å²) < 4.78 is 65.3. The topological polar surface area (TPSA) is 374 Å². The Labute approximate surface area is 619 Å². The molecule has 103 heavy (non-hydrogen) atoms. The van der Waals surface area contributed by atoms with Gasteiger partial charge < -0.3 is 89.1 Å². The molecule has 3 fully saturated rings. The Morgan fingerprint density at radius 2 is 0.621 bits per heavy atom. The predicted octanol–water partition coefficient (Wildman–Crippen LogP) is 12.9. The SMILES string of the molecule is CCCCCCCCCCCCCCCCCCCC(=O)OCC(COP(=O)(O)OC1C(OC2OC(CO)C(O)C(O)C2O)C(O)C(O)C(O)C1OC1OC(COC(=O)CCCCCCCCCCCCCCCCCCC)C(O)C(O)C1O)OC(=O)CCCCCCCCCCCCCCCC. The maximum Gasteiger partial charge on any atom is 0.472 e. The molecule has 24 nitrogen and oxygen atoms in total. The summed E-state index contributed by atoms with van der Waals surface area (Å²) in [5.41, 5.74) is 0. The van der Waals surface area contributed by atoms with E-state index in [1.165, 1.54) is 199 Å². The van der Waals surface area contributed by atoms with Crippen molar-refractivity contribution in [2.45, 2.75) is 452 Å². The van der Waals surface area contributed by atoms with Crippen molar-refractivity contribution in [3.05, 3.63) is 0 Å². The zero-order chi connectivity index (χ0) is 75.3. The molecule has 0 aromatic heterocycles. The molecule has 0 radical (unpaired) electrons. The van der Waals surface area contributed by atoms with E-state index in [2.05, 4.69) is 20.8 Å². The van der Waals surface area contributed by atoms with E-state index in [0.29, 0.717) is 19.3 Å². The second-order valence-corrected chi connectivity index (χ2v) is 31.3. The van der Waals surface area contributed by atoms with Gasteiger partial charge in [0, 0.05) is 19.3 Å². The monoisotopic (exact) mass is 1500 g/mol. The molecule has 2 aliphatic heterocycles. The normalized spacial score (nSPS) is 26.8. The highest BCUT2D eigenvalue weighted by Crippen LogP contribution is 2.49. The molecule has 0 aromatic carbocycles. The number of carbonyl (C=O) groups is 3. The van der Waals surface area contributed by atoms with Crippen LogP contribution in [0.5, 0.6) is 0 Å². The van der Waals surface area contributed by atoms with Crippen LogP contribution in [0.3, 0.4) is 0 Å². The van der Waals surface area contributed by atoms with Gasteiger partial charge in [-0.2, -0.15) is 0 Å². The van der Waals surface area contributed by atoms with Gasteiger partial charge in [-0.25, -0.2) is 4.57 Å². The standard InChI is InChI=1S/C78H147O24P/c1-4-7-10-13-16-19-22-25-28-30-32-35-37-40-43-46-49-52-62(80)94-56-59(97-64(82)54-51-48-45-42-39-34-27-24-21-18-15-12-9-6-3)57-96-103(92,93)102-76-74(100-77-72(90)67(85)65(83)60(55-79)98-77)70(88)69(87)71(89)75(76)101-78-73(91)68(86)66(84)61(99-78)58-95-63(81)53-50-47-44-41-38-36-33-31-29-26-23-20-17-14-11-8-5-2/h59-61,65-79,83-91H,4-58H2,1-3H3,(H,92,93). The van der Waals surface area contributed by atoms with Crippen molar-refractivity contribution in [2.24, 2.45) is 0 Å². The third kappa shape index (κ3) is 42.1. The van der Waals surface area contributed by atoms with E-state index in [1.807, 2.05) is 0 Å². The Hall–Kier alpha value is -2.04. The van der Waals surface area contributed by atoms with E-state index < -0.39 is 156 Å². The van der Waals surface area contributed by atoms with Crippen LogP contribution in [0.4, 0.5) is 0 Å². The predicted molar refractivity (Wildman–Crippen MR) is 393 cm³/mol. The summed E-state index contributed by atoms with van der Waals surface area (Å²) in [6, 6.07) is 0. The molecule has 3 aliphatic rings. The van der Waals surface area contributed by atoms with E-state index in [9.17, 15) is 74.9 Å². The number of hydrogen-bond acceptors (Lipinski definition) is 23. The number of hydrogen-bond donors (Lipinski definition) is 11. The van der Waals surface area contributed by atoms with E-state index in [4.69, 9.17) is 42.2 Å². The van der Waals surface area contributed by atoms with E-state index in [1.54, 1.807) is 0 Å². The molecular weight excluding hydrogens is 1350 g/mol. The Balaban J connectivity index is 1.68. The number of carbonyl (C=O) groups excluding carboxylic acids is 3. The quantitative estimate of drug-likeness (QED) is 0.0117. The minimum Gasteiger partial charge on any atom is -0.463 e. The van der Waals surface area contributed by atoms with Gasteiger partial charge >= 0.3 is 25.7 Å². The van der Waals surface area contributed by atoms with Gasteiger partial charge in [0.2, 0.25) is 0 Å². The van der Waals surface area contributed by atoms with Crippen LogP contribution in [0.2, 0.25) is 0 Å². The molecular formula is C78H147O24P. The third-order valence-electron chi connectivity index (χ3n) is 20.6. The average molecular weight is 1500 g/mol. The molecule has 11 N–H and O–H groups in total. The second kappa shape index (κ2) is 59.8. The first-order valence-corrected chi connectivity index (χ1v) is 42.8. The maximum absolute atomic E-state index is 14.4. The molecule has 18 atom stereocenters.